The smallest absolute Gasteiger partial charge is 0.266 e. The summed E-state index contributed by atoms with van der Waals surface area (Å²) in [5.41, 5.74) is 1.91. The molecule has 1 aliphatic rings. The summed E-state index contributed by atoms with van der Waals surface area (Å²) >= 11 is 0. The summed E-state index contributed by atoms with van der Waals surface area (Å²) in [7, 11) is 0. The van der Waals surface area contributed by atoms with Gasteiger partial charge in [0.15, 0.2) is 0 Å². The minimum absolute atomic E-state index is 0.0825. The molecular formula is C9H16N2O3. The number of rotatable bonds is 2. The fourth-order valence-electron chi connectivity index (χ4n) is 1.09. The van der Waals surface area contributed by atoms with E-state index in [1.807, 2.05) is 20.8 Å². The first kappa shape index (κ1) is 11.0. The van der Waals surface area contributed by atoms with E-state index < -0.39 is 11.6 Å². The Morgan fingerprint density at radius 3 is 2.64 bits per heavy atom. The zero-order valence-electron chi connectivity index (χ0n) is 8.72. The van der Waals surface area contributed by atoms with Gasteiger partial charge in [-0.15, -0.1) is 0 Å². The quantitative estimate of drug-likeness (QED) is 0.622. The first-order chi connectivity index (χ1) is 6.38. The molecule has 1 heterocycles. The predicted molar refractivity (Wildman–Crippen MR) is 50.1 cm³/mol. The predicted octanol–water partition coefficient (Wildman–Crippen LogP) is 0.111. The van der Waals surface area contributed by atoms with E-state index in [1.165, 1.54) is 0 Å². The molecule has 5 heteroatoms. The van der Waals surface area contributed by atoms with Gasteiger partial charge in [0.05, 0.1) is 5.60 Å². The van der Waals surface area contributed by atoms with Gasteiger partial charge in [0, 0.05) is 6.42 Å². The molecule has 2 N–H and O–H groups in total. The van der Waals surface area contributed by atoms with E-state index in [1.54, 1.807) is 0 Å². The Hall–Kier alpha value is -1.10. The molecule has 0 aromatic rings. The highest BCUT2D eigenvalue weighted by molar-refractivity contribution is 5.90. The van der Waals surface area contributed by atoms with E-state index in [0.29, 0.717) is 12.8 Å². The Morgan fingerprint density at radius 1 is 1.57 bits per heavy atom. The van der Waals surface area contributed by atoms with Crippen LogP contribution in [0.5, 0.6) is 0 Å². The van der Waals surface area contributed by atoms with Gasteiger partial charge in [-0.25, -0.2) is 5.48 Å². The van der Waals surface area contributed by atoms with Gasteiger partial charge in [0.25, 0.3) is 5.91 Å². The number of hydrogen-bond donors (Lipinski definition) is 2. The van der Waals surface area contributed by atoms with E-state index in [0.717, 1.165) is 0 Å². The zero-order chi connectivity index (χ0) is 10.8. The lowest BCUT2D eigenvalue weighted by molar-refractivity contribution is -0.147. The lowest BCUT2D eigenvalue weighted by atomic mass is 10.2. The molecule has 1 atom stereocenters. The average Bonchev–Trinajstić information content (AvgIpc) is 2.46. The number of amides is 2. The van der Waals surface area contributed by atoms with Crippen LogP contribution in [0.25, 0.3) is 0 Å². The number of carbonyl (C=O) groups is 2. The SMILES string of the molecule is CC(C)(C)ONC(=O)C1CCC(=O)N1. The molecule has 0 radical (unpaired) electrons. The molecule has 0 aliphatic carbocycles. The van der Waals surface area contributed by atoms with Crippen molar-refractivity contribution in [1.29, 1.82) is 0 Å². The van der Waals surface area contributed by atoms with Crippen LogP contribution in [0.3, 0.4) is 0 Å². The number of hydroxylamine groups is 1. The standard InChI is InChI=1S/C9H16N2O3/c1-9(2,3)14-11-8(13)6-4-5-7(12)10-6/h6H,4-5H2,1-3H3,(H,10,12)(H,11,13). The van der Waals surface area contributed by atoms with E-state index in [4.69, 9.17) is 4.84 Å². The van der Waals surface area contributed by atoms with E-state index in [2.05, 4.69) is 10.8 Å². The van der Waals surface area contributed by atoms with Gasteiger partial charge >= 0.3 is 0 Å². The molecule has 0 spiro atoms. The first-order valence-corrected chi connectivity index (χ1v) is 4.66. The van der Waals surface area contributed by atoms with Gasteiger partial charge in [0.2, 0.25) is 5.91 Å². The summed E-state index contributed by atoms with van der Waals surface area (Å²) in [6, 6.07) is -0.440. The summed E-state index contributed by atoms with van der Waals surface area (Å²) in [6.07, 6.45) is 0.950. The van der Waals surface area contributed by atoms with Gasteiger partial charge in [-0.3, -0.25) is 14.4 Å². The summed E-state index contributed by atoms with van der Waals surface area (Å²) < 4.78 is 0. The van der Waals surface area contributed by atoms with Gasteiger partial charge in [0.1, 0.15) is 6.04 Å². The normalized spacial score (nSPS) is 21.9. The van der Waals surface area contributed by atoms with Crippen molar-refractivity contribution < 1.29 is 14.4 Å². The molecule has 0 saturated carbocycles. The number of nitrogens with one attached hydrogen (secondary N) is 2. The fourth-order valence-corrected chi connectivity index (χ4v) is 1.09. The Labute approximate surface area is 83.1 Å². The minimum Gasteiger partial charge on any atom is -0.344 e. The molecular weight excluding hydrogens is 184 g/mol. The lowest BCUT2D eigenvalue weighted by Crippen LogP contribution is -2.44. The van der Waals surface area contributed by atoms with Gasteiger partial charge in [-0.2, -0.15) is 0 Å². The Morgan fingerprint density at radius 2 is 2.21 bits per heavy atom. The molecule has 1 unspecified atom stereocenters. The second kappa shape index (κ2) is 3.96. The van der Waals surface area contributed by atoms with Crippen molar-refractivity contribution in [1.82, 2.24) is 10.8 Å². The molecule has 0 bridgehead atoms. The van der Waals surface area contributed by atoms with E-state index in [9.17, 15) is 9.59 Å². The average molecular weight is 200 g/mol. The molecule has 14 heavy (non-hydrogen) atoms. The zero-order valence-corrected chi connectivity index (χ0v) is 8.72. The molecule has 5 nitrogen and oxygen atoms in total. The fraction of sp³-hybridized carbons (Fsp3) is 0.778. The molecule has 0 aromatic heterocycles. The monoisotopic (exact) mass is 200 g/mol. The summed E-state index contributed by atoms with van der Waals surface area (Å²) in [5, 5.41) is 2.56. The van der Waals surface area contributed by atoms with Crippen molar-refractivity contribution in [2.45, 2.75) is 45.3 Å². The third kappa shape index (κ3) is 3.33. The number of carbonyl (C=O) groups excluding carboxylic acids is 2. The molecule has 1 fully saturated rings. The van der Waals surface area contributed by atoms with Crippen LogP contribution < -0.4 is 10.8 Å². The lowest BCUT2D eigenvalue weighted by Gasteiger charge is -2.20. The highest BCUT2D eigenvalue weighted by atomic mass is 16.7. The highest BCUT2D eigenvalue weighted by Gasteiger charge is 2.28. The molecule has 0 aromatic carbocycles. The van der Waals surface area contributed by atoms with Crippen LogP contribution in [-0.4, -0.2) is 23.5 Å². The second-order valence-corrected chi connectivity index (χ2v) is 4.34. The number of hydrogen-bond acceptors (Lipinski definition) is 3. The first-order valence-electron chi connectivity index (χ1n) is 4.66. The maximum absolute atomic E-state index is 11.4. The van der Waals surface area contributed by atoms with Crippen molar-refractivity contribution in [3.8, 4) is 0 Å². The maximum atomic E-state index is 11.4. The molecule has 2 amide bonds. The summed E-state index contributed by atoms with van der Waals surface area (Å²) in [5.74, 6) is -0.369. The van der Waals surface area contributed by atoms with Gasteiger partial charge < -0.3 is 5.32 Å². The largest absolute Gasteiger partial charge is 0.344 e. The van der Waals surface area contributed by atoms with Gasteiger partial charge in [-0.1, -0.05) is 0 Å². The van der Waals surface area contributed by atoms with Crippen LogP contribution in [-0.2, 0) is 14.4 Å². The van der Waals surface area contributed by atoms with Crippen LogP contribution in [0.2, 0.25) is 0 Å². The Balaban J connectivity index is 2.32. The molecule has 1 saturated heterocycles. The van der Waals surface area contributed by atoms with Crippen molar-refractivity contribution in [3.63, 3.8) is 0 Å². The Kier molecular flexibility index (Phi) is 3.10. The summed E-state index contributed by atoms with van der Waals surface area (Å²) in [4.78, 5) is 27.3. The van der Waals surface area contributed by atoms with Crippen LogP contribution >= 0.6 is 0 Å². The minimum atomic E-state index is -0.440. The third-order valence-corrected chi connectivity index (χ3v) is 1.77. The van der Waals surface area contributed by atoms with Crippen molar-refractivity contribution in [3.05, 3.63) is 0 Å². The maximum Gasteiger partial charge on any atom is 0.266 e. The summed E-state index contributed by atoms with van der Waals surface area (Å²) in [6.45, 7) is 5.50. The van der Waals surface area contributed by atoms with E-state index in [-0.39, 0.29) is 11.8 Å². The third-order valence-electron chi connectivity index (χ3n) is 1.77. The van der Waals surface area contributed by atoms with E-state index >= 15 is 0 Å². The van der Waals surface area contributed by atoms with Crippen LogP contribution in [0, 0.1) is 0 Å². The van der Waals surface area contributed by atoms with Crippen molar-refractivity contribution >= 4 is 11.8 Å². The van der Waals surface area contributed by atoms with Crippen LogP contribution in [0.15, 0.2) is 0 Å². The highest BCUT2D eigenvalue weighted by Crippen LogP contribution is 2.08. The van der Waals surface area contributed by atoms with Crippen LogP contribution in [0.1, 0.15) is 33.6 Å². The molecule has 1 rings (SSSR count). The topological polar surface area (TPSA) is 67.4 Å². The van der Waals surface area contributed by atoms with Crippen molar-refractivity contribution in [2.75, 3.05) is 0 Å². The molecule has 80 valence electrons. The van der Waals surface area contributed by atoms with Gasteiger partial charge in [-0.05, 0) is 27.2 Å². The Bertz CT molecular complexity index is 245. The second-order valence-electron chi connectivity index (χ2n) is 4.34. The van der Waals surface area contributed by atoms with Crippen molar-refractivity contribution in [2.24, 2.45) is 0 Å². The van der Waals surface area contributed by atoms with Crippen LogP contribution in [0.4, 0.5) is 0 Å². The molecule has 1 aliphatic heterocycles.